The Bertz CT molecular complexity index is 676. The maximum absolute atomic E-state index is 12.2. The van der Waals surface area contributed by atoms with E-state index in [1.54, 1.807) is 18.5 Å². The van der Waals surface area contributed by atoms with Crippen LogP contribution >= 0.6 is 0 Å². The van der Waals surface area contributed by atoms with Gasteiger partial charge < -0.3 is 10.2 Å². The van der Waals surface area contributed by atoms with Crippen LogP contribution in [-0.4, -0.2) is 34.9 Å². The molecule has 0 atom stereocenters. The first-order valence-corrected chi connectivity index (χ1v) is 7.21. The second-order valence-corrected chi connectivity index (χ2v) is 5.20. The summed E-state index contributed by atoms with van der Waals surface area (Å²) in [5.41, 5.74) is 1.86. The molecule has 0 bridgehead atoms. The van der Waals surface area contributed by atoms with E-state index in [9.17, 15) is 4.79 Å². The van der Waals surface area contributed by atoms with Gasteiger partial charge in [-0.25, -0.2) is 9.67 Å². The third kappa shape index (κ3) is 3.04. The van der Waals surface area contributed by atoms with E-state index in [1.807, 2.05) is 19.2 Å². The molecule has 3 rings (SSSR count). The van der Waals surface area contributed by atoms with Crippen LogP contribution in [0.5, 0.6) is 0 Å². The van der Waals surface area contributed by atoms with E-state index in [2.05, 4.69) is 20.3 Å². The quantitative estimate of drug-likeness (QED) is 0.918. The van der Waals surface area contributed by atoms with Crippen molar-refractivity contribution >= 4 is 11.5 Å². The highest BCUT2D eigenvalue weighted by molar-refractivity contribution is 5.43. The van der Waals surface area contributed by atoms with Crippen molar-refractivity contribution in [1.29, 1.82) is 0 Å². The molecule has 110 valence electrons. The van der Waals surface area contributed by atoms with Crippen molar-refractivity contribution in [2.75, 3.05) is 30.4 Å². The lowest BCUT2D eigenvalue weighted by molar-refractivity contribution is 0.637. The number of rotatable bonds is 4. The van der Waals surface area contributed by atoms with Crippen LogP contribution < -0.4 is 15.8 Å². The van der Waals surface area contributed by atoms with Gasteiger partial charge in [0.2, 0.25) is 0 Å². The third-order valence-electron chi connectivity index (χ3n) is 3.74. The Hall–Kier alpha value is -2.37. The summed E-state index contributed by atoms with van der Waals surface area (Å²) in [5.74, 6) is 0.786. The Morgan fingerprint density at radius 1 is 1.29 bits per heavy atom. The molecule has 0 saturated carbocycles. The minimum absolute atomic E-state index is 0.0674. The Kier molecular flexibility index (Phi) is 3.85. The lowest BCUT2D eigenvalue weighted by Crippen LogP contribution is -2.26. The average molecular weight is 285 g/mol. The van der Waals surface area contributed by atoms with Crippen molar-refractivity contribution in [2.45, 2.75) is 19.4 Å². The van der Waals surface area contributed by atoms with Gasteiger partial charge in [-0.1, -0.05) is 0 Å². The molecule has 1 fully saturated rings. The standard InChI is InChI=1S/C15H19N5O/c1-16-14-8-12(4-5-17-14)11-20-15(21)9-13(10-18-20)19-6-2-3-7-19/h4-5,8-10H,2-3,6-7,11H2,1H3,(H,16,17). The molecule has 2 aromatic heterocycles. The molecular formula is C15H19N5O. The zero-order valence-electron chi connectivity index (χ0n) is 12.1. The summed E-state index contributed by atoms with van der Waals surface area (Å²) in [5, 5.41) is 7.28. The lowest BCUT2D eigenvalue weighted by atomic mass is 10.2. The maximum Gasteiger partial charge on any atom is 0.269 e. The van der Waals surface area contributed by atoms with Crippen molar-refractivity contribution in [3.8, 4) is 0 Å². The molecule has 0 aromatic carbocycles. The molecule has 1 saturated heterocycles. The summed E-state index contributed by atoms with van der Waals surface area (Å²) < 4.78 is 1.48. The average Bonchev–Trinajstić information content (AvgIpc) is 3.04. The van der Waals surface area contributed by atoms with Crippen LogP contribution in [0.25, 0.3) is 0 Å². The molecule has 1 N–H and O–H groups in total. The highest BCUT2D eigenvalue weighted by Crippen LogP contribution is 2.17. The molecule has 0 amide bonds. The zero-order valence-corrected chi connectivity index (χ0v) is 12.1. The fourth-order valence-corrected chi connectivity index (χ4v) is 2.57. The van der Waals surface area contributed by atoms with Gasteiger partial charge in [-0.3, -0.25) is 4.79 Å². The summed E-state index contributed by atoms with van der Waals surface area (Å²) in [6, 6.07) is 5.49. The van der Waals surface area contributed by atoms with Gasteiger partial charge in [-0.05, 0) is 30.5 Å². The largest absolute Gasteiger partial charge is 0.373 e. The predicted octanol–water partition coefficient (Wildman–Crippen LogP) is 1.33. The Morgan fingerprint density at radius 3 is 2.81 bits per heavy atom. The number of nitrogens with one attached hydrogen (secondary N) is 1. The smallest absolute Gasteiger partial charge is 0.269 e. The lowest BCUT2D eigenvalue weighted by Gasteiger charge is -2.17. The normalized spacial score (nSPS) is 14.4. The molecule has 21 heavy (non-hydrogen) atoms. The van der Waals surface area contributed by atoms with Gasteiger partial charge in [-0.2, -0.15) is 5.10 Å². The summed E-state index contributed by atoms with van der Waals surface area (Å²) in [4.78, 5) is 18.6. The summed E-state index contributed by atoms with van der Waals surface area (Å²) in [6.07, 6.45) is 5.89. The Labute approximate surface area is 123 Å². The van der Waals surface area contributed by atoms with Gasteiger partial charge in [0.05, 0.1) is 18.4 Å². The molecule has 1 aliphatic rings. The number of aromatic nitrogens is 3. The van der Waals surface area contributed by atoms with Crippen LogP contribution in [0.4, 0.5) is 11.5 Å². The molecule has 1 aliphatic heterocycles. The number of hydrogen-bond donors (Lipinski definition) is 1. The summed E-state index contributed by atoms with van der Waals surface area (Å²) in [6.45, 7) is 2.48. The predicted molar refractivity (Wildman–Crippen MR) is 82.8 cm³/mol. The van der Waals surface area contributed by atoms with Gasteiger partial charge in [-0.15, -0.1) is 0 Å². The molecule has 6 nitrogen and oxygen atoms in total. The minimum Gasteiger partial charge on any atom is -0.373 e. The van der Waals surface area contributed by atoms with Crippen molar-refractivity contribution < 1.29 is 0 Å². The molecule has 0 unspecified atom stereocenters. The topological polar surface area (TPSA) is 63.1 Å². The fourth-order valence-electron chi connectivity index (χ4n) is 2.57. The van der Waals surface area contributed by atoms with Crippen LogP contribution in [0.3, 0.4) is 0 Å². The highest BCUT2D eigenvalue weighted by Gasteiger charge is 2.13. The molecule has 0 aliphatic carbocycles. The second-order valence-electron chi connectivity index (χ2n) is 5.20. The van der Waals surface area contributed by atoms with Crippen molar-refractivity contribution in [3.63, 3.8) is 0 Å². The summed E-state index contributed by atoms with van der Waals surface area (Å²) in [7, 11) is 1.82. The number of anilines is 2. The third-order valence-corrected chi connectivity index (χ3v) is 3.74. The number of nitrogens with zero attached hydrogens (tertiary/aromatic N) is 4. The second kappa shape index (κ2) is 5.95. The highest BCUT2D eigenvalue weighted by atomic mass is 16.1. The SMILES string of the molecule is CNc1cc(Cn2ncc(N3CCCC3)cc2=O)ccn1. The van der Waals surface area contributed by atoms with Crippen LogP contribution in [0.2, 0.25) is 0 Å². The van der Waals surface area contributed by atoms with Gasteiger partial charge in [0.25, 0.3) is 5.56 Å². The first-order chi connectivity index (χ1) is 10.3. The van der Waals surface area contributed by atoms with Crippen LogP contribution in [0, 0.1) is 0 Å². The van der Waals surface area contributed by atoms with Crippen molar-refractivity contribution in [1.82, 2.24) is 14.8 Å². The van der Waals surface area contributed by atoms with E-state index >= 15 is 0 Å². The van der Waals surface area contributed by atoms with Gasteiger partial charge in [0, 0.05) is 32.4 Å². The van der Waals surface area contributed by atoms with E-state index in [1.165, 1.54) is 17.5 Å². The number of hydrogen-bond acceptors (Lipinski definition) is 5. The van der Waals surface area contributed by atoms with Crippen LogP contribution in [0.15, 0.2) is 35.4 Å². The maximum atomic E-state index is 12.2. The fraction of sp³-hybridized carbons (Fsp3) is 0.400. The van der Waals surface area contributed by atoms with Gasteiger partial charge >= 0.3 is 0 Å². The molecule has 0 spiro atoms. The monoisotopic (exact) mass is 285 g/mol. The van der Waals surface area contributed by atoms with Gasteiger partial charge in [0.1, 0.15) is 5.82 Å². The Morgan fingerprint density at radius 2 is 2.10 bits per heavy atom. The Balaban J connectivity index is 1.80. The van der Waals surface area contributed by atoms with E-state index in [4.69, 9.17) is 0 Å². The first-order valence-electron chi connectivity index (χ1n) is 7.21. The molecular weight excluding hydrogens is 266 g/mol. The number of pyridine rings is 1. The molecule has 0 radical (unpaired) electrons. The zero-order chi connectivity index (χ0) is 14.7. The van der Waals surface area contributed by atoms with E-state index in [-0.39, 0.29) is 5.56 Å². The molecule has 6 heteroatoms. The molecule has 3 heterocycles. The van der Waals surface area contributed by atoms with E-state index < -0.39 is 0 Å². The van der Waals surface area contributed by atoms with Gasteiger partial charge in [0.15, 0.2) is 0 Å². The van der Waals surface area contributed by atoms with Crippen molar-refractivity contribution in [2.24, 2.45) is 0 Å². The van der Waals surface area contributed by atoms with E-state index in [0.29, 0.717) is 6.54 Å². The van der Waals surface area contributed by atoms with E-state index in [0.717, 1.165) is 30.2 Å². The summed E-state index contributed by atoms with van der Waals surface area (Å²) >= 11 is 0. The van der Waals surface area contributed by atoms with Crippen LogP contribution in [-0.2, 0) is 6.54 Å². The first kappa shape index (κ1) is 13.6. The van der Waals surface area contributed by atoms with Crippen molar-refractivity contribution in [3.05, 3.63) is 46.5 Å². The van der Waals surface area contributed by atoms with Crippen LogP contribution in [0.1, 0.15) is 18.4 Å². The minimum atomic E-state index is -0.0674. The molecule has 2 aromatic rings.